The molecule has 7 nitrogen and oxygen atoms in total. The number of hydrogen-bond donors (Lipinski definition) is 1. The highest BCUT2D eigenvalue weighted by Crippen LogP contribution is 2.21. The lowest BCUT2D eigenvalue weighted by atomic mass is 10.0. The van der Waals surface area contributed by atoms with E-state index >= 15 is 0 Å². The van der Waals surface area contributed by atoms with Gasteiger partial charge in [-0.05, 0) is 31.9 Å². The molecule has 0 unspecified atom stereocenters. The van der Waals surface area contributed by atoms with Crippen molar-refractivity contribution in [3.05, 3.63) is 42.5 Å². The summed E-state index contributed by atoms with van der Waals surface area (Å²) in [4.78, 5) is 16.7. The van der Waals surface area contributed by atoms with Crippen LogP contribution in [0.25, 0.3) is 0 Å². The molecule has 1 aliphatic heterocycles. The maximum absolute atomic E-state index is 12.5. The molecule has 1 aliphatic rings. The number of anilines is 1. The number of benzene rings is 1. The first kappa shape index (κ1) is 17.3. The predicted molar refractivity (Wildman–Crippen MR) is 97.4 cm³/mol. The molecule has 1 saturated heterocycles. The van der Waals surface area contributed by atoms with E-state index in [0.29, 0.717) is 6.54 Å². The summed E-state index contributed by atoms with van der Waals surface area (Å²) in [7, 11) is 1.87. The third-order valence-electron chi connectivity index (χ3n) is 4.82. The highest BCUT2D eigenvalue weighted by Gasteiger charge is 2.26. The number of likely N-dealkylation sites (N-methyl/N-ethyl adjacent to an activating group) is 1. The van der Waals surface area contributed by atoms with Gasteiger partial charge in [-0.25, -0.2) is 4.79 Å². The molecule has 2 amide bonds. The number of nitrogens with zero attached hydrogens (tertiary/aromatic N) is 5. The molecule has 1 fully saturated rings. The second kappa shape index (κ2) is 8.00. The molecule has 0 saturated carbocycles. The van der Waals surface area contributed by atoms with Gasteiger partial charge in [0.2, 0.25) is 0 Å². The molecule has 0 aliphatic carbocycles. The van der Waals surface area contributed by atoms with E-state index in [2.05, 4.69) is 44.7 Å². The zero-order valence-electron chi connectivity index (χ0n) is 14.9. The van der Waals surface area contributed by atoms with Gasteiger partial charge in [-0.1, -0.05) is 18.2 Å². The third-order valence-corrected chi connectivity index (χ3v) is 4.82. The molecular weight excluding hydrogens is 316 g/mol. The minimum atomic E-state index is -0.0643. The van der Waals surface area contributed by atoms with Crippen molar-refractivity contribution in [2.75, 3.05) is 25.0 Å². The molecule has 1 aromatic carbocycles. The molecule has 1 aromatic heterocycles. The zero-order valence-corrected chi connectivity index (χ0v) is 14.9. The summed E-state index contributed by atoms with van der Waals surface area (Å²) in [6.45, 7) is 5.12. The summed E-state index contributed by atoms with van der Waals surface area (Å²) in [6, 6.07) is 10.5. The Labute approximate surface area is 148 Å². The van der Waals surface area contributed by atoms with Crippen molar-refractivity contribution in [2.24, 2.45) is 0 Å². The van der Waals surface area contributed by atoms with Crippen LogP contribution < -0.4 is 10.2 Å². The van der Waals surface area contributed by atoms with Crippen molar-refractivity contribution in [2.45, 2.75) is 38.9 Å². The maximum Gasteiger partial charge on any atom is 0.317 e. The Balaban J connectivity index is 1.56. The highest BCUT2D eigenvalue weighted by molar-refractivity contribution is 5.74. The van der Waals surface area contributed by atoms with Gasteiger partial charge >= 0.3 is 6.03 Å². The molecule has 25 heavy (non-hydrogen) atoms. The lowest BCUT2D eigenvalue weighted by molar-refractivity contribution is 0.182. The van der Waals surface area contributed by atoms with E-state index in [-0.39, 0.29) is 12.1 Å². The van der Waals surface area contributed by atoms with Gasteiger partial charge in [-0.15, -0.1) is 10.2 Å². The van der Waals surface area contributed by atoms with Crippen LogP contribution in [0.15, 0.2) is 36.7 Å². The minimum Gasteiger partial charge on any atom is -0.369 e. The fraction of sp³-hybridized carbons (Fsp3) is 0.500. The van der Waals surface area contributed by atoms with Gasteiger partial charge in [-0.2, -0.15) is 0 Å². The summed E-state index contributed by atoms with van der Waals surface area (Å²) in [5.74, 6) is 0.777. The zero-order chi connectivity index (χ0) is 17.6. The Morgan fingerprint density at radius 1 is 1.36 bits per heavy atom. The molecule has 0 bridgehead atoms. The number of piperidine rings is 1. The van der Waals surface area contributed by atoms with Crippen LogP contribution in [0.2, 0.25) is 0 Å². The molecule has 0 radical (unpaired) electrons. The molecule has 2 aromatic rings. The lowest BCUT2D eigenvalue weighted by Crippen LogP contribution is -2.51. The first-order chi connectivity index (χ1) is 12.2. The monoisotopic (exact) mass is 342 g/mol. The number of hydrogen-bond acceptors (Lipinski definition) is 4. The Bertz CT molecular complexity index is 686. The van der Waals surface area contributed by atoms with Crippen LogP contribution in [0, 0.1) is 0 Å². The summed E-state index contributed by atoms with van der Waals surface area (Å²) < 4.78 is 1.93. The Morgan fingerprint density at radius 2 is 2.16 bits per heavy atom. The maximum atomic E-state index is 12.5. The topological polar surface area (TPSA) is 66.3 Å². The largest absolute Gasteiger partial charge is 0.369 e. The Hall–Kier alpha value is -2.57. The first-order valence-electron chi connectivity index (χ1n) is 8.86. The smallest absolute Gasteiger partial charge is 0.317 e. The van der Waals surface area contributed by atoms with Crippen LogP contribution in [0.1, 0.15) is 25.6 Å². The van der Waals surface area contributed by atoms with Gasteiger partial charge in [0.1, 0.15) is 6.33 Å². The van der Waals surface area contributed by atoms with E-state index in [0.717, 1.165) is 38.3 Å². The predicted octanol–water partition coefficient (Wildman–Crippen LogP) is 2.11. The molecule has 134 valence electrons. The number of para-hydroxylation sites is 1. The van der Waals surface area contributed by atoms with Gasteiger partial charge < -0.3 is 19.7 Å². The van der Waals surface area contributed by atoms with E-state index in [9.17, 15) is 4.79 Å². The molecular formula is C18H26N6O. The van der Waals surface area contributed by atoms with Crippen molar-refractivity contribution < 1.29 is 4.79 Å². The summed E-state index contributed by atoms with van der Waals surface area (Å²) in [6.07, 6.45) is 3.80. The number of rotatable bonds is 5. The van der Waals surface area contributed by atoms with E-state index < -0.39 is 0 Å². The normalized spacial score (nSPS) is 17.4. The molecule has 1 N–H and O–H groups in total. The molecule has 7 heteroatoms. The molecule has 2 heterocycles. The van der Waals surface area contributed by atoms with Crippen LogP contribution in [-0.4, -0.2) is 51.9 Å². The van der Waals surface area contributed by atoms with Crippen molar-refractivity contribution in [1.29, 1.82) is 0 Å². The second-order valence-electron chi connectivity index (χ2n) is 6.38. The van der Waals surface area contributed by atoms with Crippen LogP contribution in [0.3, 0.4) is 0 Å². The average molecular weight is 342 g/mol. The van der Waals surface area contributed by atoms with Gasteiger partial charge in [0.05, 0.1) is 12.6 Å². The van der Waals surface area contributed by atoms with Gasteiger partial charge in [0.15, 0.2) is 5.82 Å². The van der Waals surface area contributed by atoms with Gasteiger partial charge in [-0.3, -0.25) is 0 Å². The van der Waals surface area contributed by atoms with Crippen LogP contribution in [-0.2, 0) is 13.1 Å². The molecule has 0 spiro atoms. The number of amides is 2. The summed E-state index contributed by atoms with van der Waals surface area (Å²) in [5, 5.41) is 10.9. The fourth-order valence-corrected chi connectivity index (χ4v) is 3.27. The van der Waals surface area contributed by atoms with Crippen molar-refractivity contribution in [3.8, 4) is 0 Å². The Morgan fingerprint density at radius 3 is 2.92 bits per heavy atom. The number of urea groups is 1. The Kier molecular flexibility index (Phi) is 5.53. The number of aryl methyl sites for hydroxylation is 1. The first-order valence-corrected chi connectivity index (χ1v) is 8.86. The van der Waals surface area contributed by atoms with Crippen LogP contribution in [0.5, 0.6) is 0 Å². The van der Waals surface area contributed by atoms with E-state index in [4.69, 9.17) is 0 Å². The minimum absolute atomic E-state index is 0.0643. The van der Waals surface area contributed by atoms with E-state index in [1.165, 1.54) is 5.69 Å². The second-order valence-corrected chi connectivity index (χ2v) is 6.38. The molecule has 1 atom stereocenters. The van der Waals surface area contributed by atoms with Crippen LogP contribution >= 0.6 is 0 Å². The number of carbonyl (C=O) groups is 1. The summed E-state index contributed by atoms with van der Waals surface area (Å²) in [5.41, 5.74) is 1.22. The number of aromatic nitrogens is 3. The standard InChI is InChI=1S/C18H26N6O/c1-3-23-14-20-21-17(23)12-19-18(25)22(2)16-10-7-11-24(13-16)15-8-5-4-6-9-15/h4-6,8-9,14,16H,3,7,10-13H2,1-2H3,(H,19,25)/t16-/m1/s1. The van der Waals surface area contributed by atoms with Crippen LogP contribution in [0.4, 0.5) is 10.5 Å². The van der Waals surface area contributed by atoms with Crippen molar-refractivity contribution in [3.63, 3.8) is 0 Å². The third kappa shape index (κ3) is 4.10. The van der Waals surface area contributed by atoms with Gasteiger partial charge in [0.25, 0.3) is 0 Å². The van der Waals surface area contributed by atoms with E-state index in [1.54, 1.807) is 6.33 Å². The molecule has 3 rings (SSSR count). The summed E-state index contributed by atoms with van der Waals surface area (Å²) >= 11 is 0. The lowest BCUT2D eigenvalue weighted by Gasteiger charge is -2.38. The quantitative estimate of drug-likeness (QED) is 0.904. The SMILES string of the molecule is CCn1cnnc1CNC(=O)N(C)[C@@H]1CCCN(c2ccccc2)C1. The highest BCUT2D eigenvalue weighted by atomic mass is 16.2. The average Bonchev–Trinajstić information content (AvgIpc) is 3.14. The van der Waals surface area contributed by atoms with Crippen molar-refractivity contribution >= 4 is 11.7 Å². The number of carbonyl (C=O) groups excluding carboxylic acids is 1. The van der Waals surface area contributed by atoms with Crippen molar-refractivity contribution in [1.82, 2.24) is 25.0 Å². The fourth-order valence-electron chi connectivity index (χ4n) is 3.27. The van der Waals surface area contributed by atoms with Gasteiger partial charge in [0, 0.05) is 32.4 Å². The number of nitrogens with one attached hydrogen (secondary N) is 1. The van der Waals surface area contributed by atoms with E-state index in [1.807, 2.05) is 29.5 Å².